The van der Waals surface area contributed by atoms with Crippen molar-refractivity contribution in [3.63, 3.8) is 0 Å². The Bertz CT molecular complexity index is 330. The molecule has 1 heterocycles. The van der Waals surface area contributed by atoms with Gasteiger partial charge in [-0.2, -0.15) is 0 Å². The molecule has 0 aliphatic heterocycles. The number of hydrogen-bond donors (Lipinski definition) is 0. The van der Waals surface area contributed by atoms with E-state index < -0.39 is 0 Å². The van der Waals surface area contributed by atoms with Crippen molar-refractivity contribution in [2.75, 3.05) is 0 Å². The Balaban J connectivity index is 2.55. The Labute approximate surface area is 104 Å². The molecule has 0 saturated carbocycles. The number of aromatic nitrogens is 4. The van der Waals surface area contributed by atoms with Gasteiger partial charge in [0.05, 0.1) is 0 Å². The molecular formula is C13H24N4. The summed E-state index contributed by atoms with van der Waals surface area (Å²) in [6.07, 6.45) is 11.0. The van der Waals surface area contributed by atoms with Gasteiger partial charge in [-0.25, -0.2) is 0 Å². The highest BCUT2D eigenvalue weighted by molar-refractivity contribution is 5.16. The van der Waals surface area contributed by atoms with Crippen LogP contribution in [0.5, 0.6) is 0 Å². The average molecular weight is 236 g/mol. The first kappa shape index (κ1) is 13.9. The van der Waals surface area contributed by atoms with Crippen molar-refractivity contribution in [2.45, 2.75) is 65.2 Å². The topological polar surface area (TPSA) is 43.6 Å². The lowest BCUT2D eigenvalue weighted by atomic mass is 9.98. The Hall–Kier alpha value is -1.19. The van der Waals surface area contributed by atoms with Crippen LogP contribution in [0.2, 0.25) is 0 Å². The quantitative estimate of drug-likeness (QED) is 0.647. The van der Waals surface area contributed by atoms with Gasteiger partial charge in [-0.05, 0) is 24.5 Å². The summed E-state index contributed by atoms with van der Waals surface area (Å²) < 4.78 is 0. The van der Waals surface area contributed by atoms with Gasteiger partial charge >= 0.3 is 0 Å². The Morgan fingerprint density at radius 1 is 1.24 bits per heavy atom. The molecule has 0 aliphatic rings. The van der Waals surface area contributed by atoms with Crippen LogP contribution in [-0.2, 0) is 0 Å². The van der Waals surface area contributed by atoms with Crippen molar-refractivity contribution in [2.24, 2.45) is 0 Å². The monoisotopic (exact) mass is 236 g/mol. The van der Waals surface area contributed by atoms with E-state index in [1.807, 2.05) is 12.3 Å². The zero-order valence-corrected chi connectivity index (χ0v) is 11.3. The van der Waals surface area contributed by atoms with Crippen LogP contribution in [-0.4, -0.2) is 20.2 Å². The second-order valence-electron chi connectivity index (χ2n) is 4.36. The summed E-state index contributed by atoms with van der Waals surface area (Å²) >= 11 is 0. The first-order chi connectivity index (χ1) is 8.31. The molecule has 1 unspecified atom stereocenters. The first-order valence-electron chi connectivity index (χ1n) is 6.77. The third-order valence-corrected chi connectivity index (χ3v) is 2.93. The molecule has 0 bridgehead atoms. The molecule has 0 fully saturated rings. The van der Waals surface area contributed by atoms with E-state index in [9.17, 15) is 0 Å². The molecular weight excluding hydrogens is 212 g/mol. The van der Waals surface area contributed by atoms with Gasteiger partial charge in [0, 0.05) is 12.1 Å². The fourth-order valence-corrected chi connectivity index (χ4v) is 1.82. The summed E-state index contributed by atoms with van der Waals surface area (Å²) in [5.74, 6) is 1.36. The molecule has 0 aromatic carbocycles. The third kappa shape index (κ3) is 4.67. The van der Waals surface area contributed by atoms with Crippen LogP contribution < -0.4 is 0 Å². The van der Waals surface area contributed by atoms with E-state index in [-0.39, 0.29) is 0 Å². The van der Waals surface area contributed by atoms with Crippen LogP contribution in [0.3, 0.4) is 0 Å². The number of allylic oxidation sites excluding steroid dienone is 1. The van der Waals surface area contributed by atoms with E-state index in [1.54, 1.807) is 4.80 Å². The van der Waals surface area contributed by atoms with E-state index in [0.29, 0.717) is 5.92 Å². The molecule has 4 heteroatoms. The van der Waals surface area contributed by atoms with Gasteiger partial charge in [0.25, 0.3) is 0 Å². The Kier molecular flexibility index (Phi) is 6.51. The van der Waals surface area contributed by atoms with Crippen molar-refractivity contribution in [3.05, 3.63) is 11.9 Å². The molecule has 1 aromatic heterocycles. The van der Waals surface area contributed by atoms with E-state index in [4.69, 9.17) is 0 Å². The molecule has 0 N–H and O–H groups in total. The normalized spacial score (nSPS) is 13.4. The van der Waals surface area contributed by atoms with Gasteiger partial charge in [-0.15, -0.1) is 15.0 Å². The lowest BCUT2D eigenvalue weighted by Gasteiger charge is -2.09. The van der Waals surface area contributed by atoms with Crippen molar-refractivity contribution in [1.29, 1.82) is 0 Å². The molecule has 0 radical (unpaired) electrons. The van der Waals surface area contributed by atoms with Gasteiger partial charge in [-0.1, -0.05) is 46.1 Å². The Morgan fingerprint density at radius 3 is 2.71 bits per heavy atom. The minimum absolute atomic E-state index is 0.463. The molecule has 96 valence electrons. The van der Waals surface area contributed by atoms with E-state index in [0.717, 1.165) is 18.7 Å². The molecule has 4 nitrogen and oxygen atoms in total. The smallest absolute Gasteiger partial charge is 0.139 e. The van der Waals surface area contributed by atoms with Crippen LogP contribution in [0.4, 0.5) is 0 Å². The van der Waals surface area contributed by atoms with E-state index >= 15 is 0 Å². The fourth-order valence-electron chi connectivity index (χ4n) is 1.82. The van der Waals surface area contributed by atoms with Crippen molar-refractivity contribution in [3.8, 4) is 0 Å². The molecule has 1 aromatic rings. The predicted octanol–water partition coefficient (Wildman–Crippen LogP) is 3.63. The zero-order chi connectivity index (χ0) is 12.5. The average Bonchev–Trinajstić information content (AvgIpc) is 2.81. The largest absolute Gasteiger partial charge is 0.178 e. The minimum atomic E-state index is 0.463. The second-order valence-corrected chi connectivity index (χ2v) is 4.36. The Morgan fingerprint density at radius 2 is 2.06 bits per heavy atom. The molecule has 0 aliphatic carbocycles. The van der Waals surface area contributed by atoms with Gasteiger partial charge in [0.1, 0.15) is 0 Å². The highest BCUT2D eigenvalue weighted by atomic mass is 15.6. The number of rotatable bonds is 8. The standard InChI is InChI=1S/C13H24N4/c1-4-7-9-10-12(6-3)13-14-16-17(15-13)11-8-5-2/h8,11-12H,4-7,9-10H2,1-3H3/b11-8+. The van der Waals surface area contributed by atoms with Crippen LogP contribution in [0.25, 0.3) is 6.20 Å². The van der Waals surface area contributed by atoms with Gasteiger partial charge in [0.2, 0.25) is 0 Å². The predicted molar refractivity (Wildman–Crippen MR) is 70.6 cm³/mol. The molecule has 0 saturated heterocycles. The molecule has 1 rings (SSSR count). The van der Waals surface area contributed by atoms with Crippen molar-refractivity contribution < 1.29 is 0 Å². The van der Waals surface area contributed by atoms with Crippen molar-refractivity contribution >= 4 is 6.20 Å². The first-order valence-corrected chi connectivity index (χ1v) is 6.77. The minimum Gasteiger partial charge on any atom is -0.139 e. The maximum atomic E-state index is 4.41. The molecule has 0 spiro atoms. The number of unbranched alkanes of at least 4 members (excludes halogenated alkanes) is 2. The number of tetrazole rings is 1. The lowest BCUT2D eigenvalue weighted by Crippen LogP contribution is -2.01. The summed E-state index contributed by atoms with van der Waals surface area (Å²) in [4.78, 5) is 1.57. The second kappa shape index (κ2) is 7.98. The van der Waals surface area contributed by atoms with E-state index in [1.165, 1.54) is 25.7 Å². The van der Waals surface area contributed by atoms with Crippen LogP contribution >= 0.6 is 0 Å². The summed E-state index contributed by atoms with van der Waals surface area (Å²) in [5.41, 5.74) is 0. The molecule has 17 heavy (non-hydrogen) atoms. The zero-order valence-electron chi connectivity index (χ0n) is 11.3. The third-order valence-electron chi connectivity index (χ3n) is 2.93. The molecule has 0 amide bonds. The summed E-state index contributed by atoms with van der Waals surface area (Å²) in [6.45, 7) is 6.51. The maximum absolute atomic E-state index is 4.41. The van der Waals surface area contributed by atoms with E-state index in [2.05, 4.69) is 36.2 Å². The highest BCUT2D eigenvalue weighted by Gasteiger charge is 2.14. The van der Waals surface area contributed by atoms with Gasteiger partial charge < -0.3 is 0 Å². The van der Waals surface area contributed by atoms with Crippen LogP contribution in [0, 0.1) is 0 Å². The van der Waals surface area contributed by atoms with Crippen LogP contribution in [0.15, 0.2) is 6.08 Å². The number of nitrogens with zero attached hydrogens (tertiary/aromatic N) is 4. The summed E-state index contributed by atoms with van der Waals surface area (Å²) in [7, 11) is 0. The highest BCUT2D eigenvalue weighted by Crippen LogP contribution is 2.22. The summed E-state index contributed by atoms with van der Waals surface area (Å²) in [6, 6.07) is 0. The fraction of sp³-hybridized carbons (Fsp3) is 0.769. The van der Waals surface area contributed by atoms with Gasteiger partial charge in [-0.3, -0.25) is 0 Å². The lowest BCUT2D eigenvalue weighted by molar-refractivity contribution is 0.530. The number of hydrogen-bond acceptors (Lipinski definition) is 3. The maximum Gasteiger partial charge on any atom is 0.178 e. The van der Waals surface area contributed by atoms with Crippen LogP contribution in [0.1, 0.15) is 71.0 Å². The van der Waals surface area contributed by atoms with Gasteiger partial charge in [0.15, 0.2) is 5.82 Å². The summed E-state index contributed by atoms with van der Waals surface area (Å²) in [5, 5.41) is 12.6. The van der Waals surface area contributed by atoms with Crippen molar-refractivity contribution in [1.82, 2.24) is 20.2 Å². The SMILES string of the molecule is CC/C=C/n1nnc(C(CC)CCCCC)n1. The molecule has 1 atom stereocenters.